The molecule has 0 radical (unpaired) electrons. The number of nitrogens with zero attached hydrogens (tertiary/aromatic N) is 3. The Morgan fingerprint density at radius 2 is 2.25 bits per heavy atom. The highest BCUT2D eigenvalue weighted by Crippen LogP contribution is 2.24. The maximum absolute atomic E-state index is 11.7. The van der Waals surface area contributed by atoms with Crippen LogP contribution in [0, 0.1) is 11.3 Å². The third-order valence-electron chi connectivity index (χ3n) is 2.26. The molecular weight excluding hydrogens is 293 g/mol. The van der Waals surface area contributed by atoms with Crippen molar-refractivity contribution in [3.63, 3.8) is 0 Å². The fraction of sp³-hybridized carbons (Fsp3) is 0.100. The summed E-state index contributed by atoms with van der Waals surface area (Å²) in [7, 11) is 1.58. The molecule has 80 valence electrons. The summed E-state index contributed by atoms with van der Waals surface area (Å²) in [5.41, 5.74) is 0.540. The van der Waals surface area contributed by atoms with Crippen molar-refractivity contribution < 1.29 is 0 Å². The number of hydrogen-bond donors (Lipinski definition) is 0. The van der Waals surface area contributed by atoms with Crippen molar-refractivity contribution in [1.82, 2.24) is 9.55 Å². The molecule has 6 heteroatoms. The number of nitriles is 1. The van der Waals surface area contributed by atoms with Gasteiger partial charge in [0.15, 0.2) is 0 Å². The maximum atomic E-state index is 11.7. The molecule has 0 unspecified atom stereocenters. The summed E-state index contributed by atoms with van der Waals surface area (Å²) in [5, 5.41) is 8.96. The summed E-state index contributed by atoms with van der Waals surface area (Å²) in [5.74, 6) is 0. The Morgan fingerprint density at radius 3 is 2.88 bits per heavy atom. The number of fused-ring (bicyclic) bond motifs is 1. The summed E-state index contributed by atoms with van der Waals surface area (Å²) in [6, 6.07) is 5.23. The topological polar surface area (TPSA) is 58.7 Å². The molecule has 0 saturated carbocycles. The number of rotatable bonds is 0. The van der Waals surface area contributed by atoms with Crippen LogP contribution in [-0.2, 0) is 7.05 Å². The predicted molar refractivity (Wildman–Crippen MR) is 64.4 cm³/mol. The molecule has 0 amide bonds. The second-order valence-corrected chi connectivity index (χ2v) is 4.36. The van der Waals surface area contributed by atoms with Crippen LogP contribution in [0.25, 0.3) is 11.0 Å². The smallest absolute Gasteiger partial charge is 0.270 e. The van der Waals surface area contributed by atoms with Gasteiger partial charge in [0.1, 0.15) is 21.8 Å². The second kappa shape index (κ2) is 3.89. The van der Waals surface area contributed by atoms with Crippen molar-refractivity contribution in [2.45, 2.75) is 0 Å². The van der Waals surface area contributed by atoms with E-state index < -0.39 is 5.56 Å². The molecule has 0 fully saturated rings. The van der Waals surface area contributed by atoms with E-state index in [2.05, 4.69) is 20.9 Å². The van der Waals surface area contributed by atoms with Gasteiger partial charge in [-0.2, -0.15) is 5.26 Å². The van der Waals surface area contributed by atoms with Gasteiger partial charge in [-0.1, -0.05) is 11.6 Å². The van der Waals surface area contributed by atoms with Crippen LogP contribution in [-0.4, -0.2) is 9.55 Å². The summed E-state index contributed by atoms with van der Waals surface area (Å²) >= 11 is 9.19. The predicted octanol–water partition coefficient (Wildman–Crippen LogP) is 2.22. The molecule has 0 aromatic carbocycles. The molecule has 0 spiro atoms. The number of pyridine rings is 2. The molecule has 2 heterocycles. The van der Waals surface area contributed by atoms with E-state index in [-0.39, 0.29) is 10.6 Å². The number of halogens is 2. The average Bonchev–Trinajstić information content (AvgIpc) is 2.27. The molecule has 0 aliphatic carbocycles. The zero-order chi connectivity index (χ0) is 11.9. The minimum Gasteiger partial charge on any atom is -0.309 e. The highest BCUT2D eigenvalue weighted by molar-refractivity contribution is 9.10. The number of hydrogen-bond acceptors (Lipinski definition) is 3. The molecule has 0 aliphatic heterocycles. The fourth-order valence-corrected chi connectivity index (χ4v) is 2.02. The summed E-state index contributed by atoms with van der Waals surface area (Å²) < 4.78 is 1.96. The molecule has 0 bridgehead atoms. The first-order chi connectivity index (χ1) is 7.56. The third-order valence-corrected chi connectivity index (χ3v) is 3.07. The Labute approximate surface area is 104 Å². The largest absolute Gasteiger partial charge is 0.309 e. The summed E-state index contributed by atoms with van der Waals surface area (Å²) in [4.78, 5) is 15.9. The van der Waals surface area contributed by atoms with E-state index in [1.165, 1.54) is 4.57 Å². The lowest BCUT2D eigenvalue weighted by Gasteiger charge is -2.07. The van der Waals surface area contributed by atoms with Crippen molar-refractivity contribution in [2.24, 2.45) is 7.05 Å². The van der Waals surface area contributed by atoms with Crippen molar-refractivity contribution in [2.75, 3.05) is 0 Å². The molecule has 2 rings (SSSR count). The van der Waals surface area contributed by atoms with Gasteiger partial charge in [-0.3, -0.25) is 4.79 Å². The quantitative estimate of drug-likeness (QED) is 0.701. The Balaban J connectivity index is 3.10. The van der Waals surface area contributed by atoms with E-state index in [0.29, 0.717) is 15.6 Å². The number of aryl methyl sites for hydroxylation is 1. The maximum Gasteiger partial charge on any atom is 0.270 e. The molecule has 2 aromatic rings. The molecule has 16 heavy (non-hydrogen) atoms. The molecular formula is C10H5BrClN3O. The van der Waals surface area contributed by atoms with Crippen molar-refractivity contribution in [3.8, 4) is 6.07 Å². The van der Waals surface area contributed by atoms with Crippen molar-refractivity contribution >= 4 is 38.6 Å². The first-order valence-corrected chi connectivity index (χ1v) is 5.48. The van der Waals surface area contributed by atoms with Crippen LogP contribution >= 0.6 is 27.5 Å². The zero-order valence-electron chi connectivity index (χ0n) is 8.16. The van der Waals surface area contributed by atoms with E-state index in [0.717, 1.165) is 0 Å². The van der Waals surface area contributed by atoms with Gasteiger partial charge in [0, 0.05) is 7.05 Å². The van der Waals surface area contributed by atoms with Crippen LogP contribution in [0.4, 0.5) is 0 Å². The normalized spacial score (nSPS) is 10.4. The van der Waals surface area contributed by atoms with Gasteiger partial charge in [-0.15, -0.1) is 0 Å². The van der Waals surface area contributed by atoms with Gasteiger partial charge in [-0.05, 0) is 28.1 Å². The van der Waals surface area contributed by atoms with E-state index in [4.69, 9.17) is 16.9 Å². The highest BCUT2D eigenvalue weighted by Gasteiger charge is 2.14. The van der Waals surface area contributed by atoms with Crippen LogP contribution in [0.5, 0.6) is 0 Å². The minimum absolute atomic E-state index is 0.0812. The van der Waals surface area contributed by atoms with E-state index in [1.807, 2.05) is 0 Å². The Morgan fingerprint density at radius 1 is 1.56 bits per heavy atom. The van der Waals surface area contributed by atoms with E-state index in [1.54, 1.807) is 25.2 Å². The monoisotopic (exact) mass is 297 g/mol. The first kappa shape index (κ1) is 11.1. The lowest BCUT2D eigenvalue weighted by molar-refractivity contribution is 0.897. The zero-order valence-corrected chi connectivity index (χ0v) is 10.5. The SMILES string of the molecule is Cn1c(=O)c(C#N)c(Cl)c2nc(Br)ccc21. The van der Waals surface area contributed by atoms with Gasteiger partial charge in [0.2, 0.25) is 0 Å². The third kappa shape index (κ3) is 1.51. The van der Waals surface area contributed by atoms with Crippen molar-refractivity contribution in [1.29, 1.82) is 5.26 Å². The molecule has 2 aromatic heterocycles. The summed E-state index contributed by atoms with van der Waals surface area (Å²) in [6.45, 7) is 0. The number of aromatic nitrogens is 2. The lowest BCUT2D eigenvalue weighted by Crippen LogP contribution is -2.20. The fourth-order valence-electron chi connectivity index (χ4n) is 1.45. The van der Waals surface area contributed by atoms with E-state index >= 15 is 0 Å². The highest BCUT2D eigenvalue weighted by atomic mass is 79.9. The van der Waals surface area contributed by atoms with Gasteiger partial charge in [0.05, 0.1) is 10.5 Å². The Hall–Kier alpha value is -1.38. The lowest BCUT2D eigenvalue weighted by atomic mass is 10.2. The standard InChI is InChI=1S/C10H5BrClN3O/c1-15-6-2-3-7(11)14-9(6)8(12)5(4-13)10(15)16/h2-3H,1H3. The molecule has 0 atom stereocenters. The molecule has 0 aliphatic rings. The van der Waals surface area contributed by atoms with Gasteiger partial charge >= 0.3 is 0 Å². The first-order valence-electron chi connectivity index (χ1n) is 4.31. The second-order valence-electron chi connectivity index (χ2n) is 3.17. The average molecular weight is 299 g/mol. The Kier molecular flexibility index (Phi) is 2.70. The Bertz CT molecular complexity index is 687. The van der Waals surface area contributed by atoms with Crippen LogP contribution in [0.1, 0.15) is 5.56 Å². The van der Waals surface area contributed by atoms with Crippen LogP contribution in [0.2, 0.25) is 5.02 Å². The summed E-state index contributed by atoms with van der Waals surface area (Å²) in [6.07, 6.45) is 0. The minimum atomic E-state index is -0.413. The molecule has 0 saturated heterocycles. The van der Waals surface area contributed by atoms with Crippen LogP contribution in [0.15, 0.2) is 21.5 Å². The van der Waals surface area contributed by atoms with Gasteiger partial charge in [0.25, 0.3) is 5.56 Å². The van der Waals surface area contributed by atoms with Crippen molar-refractivity contribution in [3.05, 3.63) is 37.7 Å². The van der Waals surface area contributed by atoms with Crippen LogP contribution in [0.3, 0.4) is 0 Å². The van der Waals surface area contributed by atoms with Gasteiger partial charge in [-0.25, -0.2) is 4.98 Å². The molecule has 4 nitrogen and oxygen atoms in total. The van der Waals surface area contributed by atoms with Crippen LogP contribution < -0.4 is 5.56 Å². The van der Waals surface area contributed by atoms with E-state index in [9.17, 15) is 4.79 Å². The van der Waals surface area contributed by atoms with Gasteiger partial charge < -0.3 is 4.57 Å². The molecule has 0 N–H and O–H groups in total.